The molecule has 62 heavy (non-hydrogen) atoms. The third-order valence-corrected chi connectivity index (χ3v) is 12.4. The highest BCUT2D eigenvalue weighted by Crippen LogP contribution is 2.36. The van der Waals surface area contributed by atoms with Crippen molar-refractivity contribution in [2.24, 2.45) is 18.9 Å². The number of amides is 3. The number of imide groups is 1. The lowest BCUT2D eigenvalue weighted by molar-refractivity contribution is -0.135. The molecule has 1 saturated heterocycles. The highest BCUT2D eigenvalue weighted by molar-refractivity contribution is 6.03. The zero-order valence-electron chi connectivity index (χ0n) is 35.2. The number of nitrogens with one attached hydrogen (secondary N) is 3. The number of aromatic nitrogens is 6. The summed E-state index contributed by atoms with van der Waals surface area (Å²) in [5.41, 5.74) is 2.30. The number of aryl methyl sites for hydroxylation is 2. The van der Waals surface area contributed by atoms with E-state index in [4.69, 9.17) is 9.15 Å². The van der Waals surface area contributed by atoms with Gasteiger partial charge in [0.05, 0.1) is 29.4 Å². The fourth-order valence-electron chi connectivity index (χ4n) is 8.63. The summed E-state index contributed by atoms with van der Waals surface area (Å²) >= 11 is 0. The number of fused-ring (bicyclic) bond motifs is 1. The number of halogens is 2. The van der Waals surface area contributed by atoms with Crippen LogP contribution in [0.2, 0.25) is 0 Å². The molecule has 5 heterocycles. The fraction of sp³-hybridized carbons (Fsp3) is 0.523. The number of likely N-dealkylation sites (N-methyl/N-ethyl adjacent to an activating group) is 1. The quantitative estimate of drug-likeness (QED) is 0.0628. The van der Waals surface area contributed by atoms with E-state index in [-0.39, 0.29) is 41.3 Å². The average molecular weight is 857 g/mol. The predicted octanol–water partition coefficient (Wildman–Crippen LogP) is 6.28. The van der Waals surface area contributed by atoms with Gasteiger partial charge in [0.25, 0.3) is 12.3 Å². The molecule has 3 amide bonds. The second-order valence-electron chi connectivity index (χ2n) is 16.9. The minimum atomic E-state index is -2.87. The number of carbonyl (C=O) groups excluding carboxylic acids is 3. The molecule has 1 atom stereocenters. The van der Waals surface area contributed by atoms with Crippen LogP contribution in [0.4, 0.5) is 20.3 Å². The zero-order valence-corrected chi connectivity index (χ0v) is 35.2. The monoisotopic (exact) mass is 856 g/mol. The first-order valence-corrected chi connectivity index (χ1v) is 21.7. The number of imidazole rings is 1. The number of nitrogens with zero attached hydrogens (tertiary/aromatic N) is 7. The number of alkyl halides is 2. The van der Waals surface area contributed by atoms with Crippen molar-refractivity contribution in [3.05, 3.63) is 76.4 Å². The lowest BCUT2D eigenvalue weighted by atomic mass is 9.84. The van der Waals surface area contributed by atoms with E-state index < -0.39 is 30.0 Å². The highest BCUT2D eigenvalue weighted by Gasteiger charge is 2.32. The van der Waals surface area contributed by atoms with Gasteiger partial charge >= 0.3 is 5.69 Å². The van der Waals surface area contributed by atoms with Crippen LogP contribution in [0, 0.1) is 11.8 Å². The van der Waals surface area contributed by atoms with Crippen molar-refractivity contribution >= 4 is 40.3 Å². The third kappa shape index (κ3) is 9.96. The van der Waals surface area contributed by atoms with Crippen LogP contribution in [0.1, 0.15) is 104 Å². The first-order chi connectivity index (χ1) is 30.0. The van der Waals surface area contributed by atoms with Gasteiger partial charge in [0.2, 0.25) is 17.7 Å². The molecule has 0 spiro atoms. The Morgan fingerprint density at radius 1 is 1.05 bits per heavy atom. The summed E-state index contributed by atoms with van der Waals surface area (Å²) in [6.07, 6.45) is 10.4. The molecule has 1 aliphatic heterocycles. The summed E-state index contributed by atoms with van der Waals surface area (Å²) in [4.78, 5) is 61.5. The fourth-order valence-corrected chi connectivity index (χ4v) is 8.63. The van der Waals surface area contributed by atoms with Crippen LogP contribution in [0.5, 0.6) is 0 Å². The molecule has 0 bridgehead atoms. The second-order valence-corrected chi connectivity index (χ2v) is 16.9. The molecule has 16 nitrogen and oxygen atoms in total. The Morgan fingerprint density at radius 3 is 2.63 bits per heavy atom. The maximum atomic E-state index is 14.1. The van der Waals surface area contributed by atoms with Crippen molar-refractivity contribution in [1.82, 2.24) is 39.1 Å². The molecule has 1 aromatic carbocycles. The van der Waals surface area contributed by atoms with E-state index in [0.717, 1.165) is 69.2 Å². The van der Waals surface area contributed by atoms with E-state index in [1.54, 1.807) is 34.6 Å². The molecular formula is C44H54F2N10O6. The Bertz CT molecular complexity index is 2450. The van der Waals surface area contributed by atoms with Crippen molar-refractivity contribution in [1.29, 1.82) is 0 Å². The average Bonchev–Trinajstić information content (AvgIpc) is 3.67. The van der Waals surface area contributed by atoms with Crippen molar-refractivity contribution < 1.29 is 32.3 Å². The molecule has 4 aromatic heterocycles. The summed E-state index contributed by atoms with van der Waals surface area (Å²) in [7, 11) is 3.79. The Balaban J connectivity index is 0.751. The van der Waals surface area contributed by atoms with Gasteiger partial charge in [-0.1, -0.05) is 12.1 Å². The topological polar surface area (TPSA) is 183 Å². The molecule has 3 aliphatic rings. The minimum absolute atomic E-state index is 0.0317. The molecule has 330 valence electrons. The number of hydrogen-bond donors (Lipinski definition) is 3. The van der Waals surface area contributed by atoms with Crippen molar-refractivity contribution in [2.75, 3.05) is 50.5 Å². The van der Waals surface area contributed by atoms with Crippen LogP contribution in [-0.2, 0) is 27.8 Å². The molecule has 8 rings (SSSR count). The van der Waals surface area contributed by atoms with Gasteiger partial charge in [-0.2, -0.15) is 5.10 Å². The first-order valence-electron chi connectivity index (χ1n) is 21.7. The van der Waals surface area contributed by atoms with Gasteiger partial charge in [0.1, 0.15) is 18.1 Å². The van der Waals surface area contributed by atoms with Crippen molar-refractivity contribution in [3.8, 4) is 11.5 Å². The molecule has 2 saturated carbocycles. The van der Waals surface area contributed by atoms with E-state index in [1.165, 1.54) is 29.9 Å². The molecule has 2 aliphatic carbocycles. The normalized spacial score (nSPS) is 19.4. The Kier molecular flexibility index (Phi) is 13.2. The smallest absolute Gasteiger partial charge is 0.329 e. The van der Waals surface area contributed by atoms with E-state index in [2.05, 4.69) is 43.0 Å². The number of oxazole rings is 1. The second kappa shape index (κ2) is 19.1. The summed E-state index contributed by atoms with van der Waals surface area (Å²) in [6, 6.07) is 8.50. The van der Waals surface area contributed by atoms with Gasteiger partial charge in [-0.25, -0.2) is 23.5 Å². The summed E-state index contributed by atoms with van der Waals surface area (Å²) < 4.78 is 44.5. The Hall–Kier alpha value is -5.75. The first kappa shape index (κ1) is 42.9. The maximum absolute atomic E-state index is 14.1. The minimum Gasteiger partial charge on any atom is -0.444 e. The highest BCUT2D eigenvalue weighted by atomic mass is 19.3. The molecule has 1 unspecified atom stereocenters. The van der Waals surface area contributed by atoms with Gasteiger partial charge in [0.15, 0.2) is 11.4 Å². The SMILES string of the molecule is CN(CCOCCCc1cccc2c1n(C)c(=O)n2C1CCC(=O)NC1=O)CCC1CCC(n2cc(NC(=O)c3coc(-c4ccnc(NCC5CC5)c4)n3)c(C(F)F)n2)CC1. The van der Waals surface area contributed by atoms with Crippen LogP contribution in [-0.4, -0.2) is 91.4 Å². The molecule has 5 aromatic rings. The van der Waals surface area contributed by atoms with Gasteiger partial charge in [-0.05, 0) is 113 Å². The number of carbonyl (C=O) groups is 3. The Morgan fingerprint density at radius 2 is 1.85 bits per heavy atom. The molecule has 18 heteroatoms. The summed E-state index contributed by atoms with van der Waals surface area (Å²) in [5, 5.41) is 12.5. The molecule has 3 fully saturated rings. The lowest BCUT2D eigenvalue weighted by Gasteiger charge is -2.30. The number of piperidine rings is 1. The van der Waals surface area contributed by atoms with E-state index in [0.29, 0.717) is 54.8 Å². The molecule has 0 radical (unpaired) electrons. The van der Waals surface area contributed by atoms with Crippen LogP contribution >= 0.6 is 0 Å². The third-order valence-electron chi connectivity index (χ3n) is 12.4. The number of anilines is 2. The van der Waals surface area contributed by atoms with Crippen LogP contribution < -0.4 is 21.6 Å². The zero-order chi connectivity index (χ0) is 43.3. The van der Waals surface area contributed by atoms with Crippen LogP contribution in [0.15, 0.2) is 58.2 Å². The van der Waals surface area contributed by atoms with Crippen LogP contribution in [0.3, 0.4) is 0 Å². The standard InChI is InChI=1S/C44H54F2N10O6/c1-53(20-22-61-21-4-6-29-5-3-7-34-39(29)54(2)44(60)56(34)35-14-15-37(57)51-42(35)59)19-17-27-10-12-31(13-11-27)55-25-32(38(52-55)40(45)46)49-41(58)33-26-62-43(50-33)30-16-18-47-36(23-30)48-24-28-8-9-28/h3,5,7,16,18,23,25-28,31,35,40H,4,6,8-15,17,19-22,24H2,1-2H3,(H,47,48)(H,49,58)(H,51,57,59). The number of benzene rings is 1. The summed E-state index contributed by atoms with van der Waals surface area (Å²) in [6.45, 7) is 3.69. The number of para-hydroxylation sites is 1. The number of hydrogen-bond acceptors (Lipinski definition) is 11. The Labute approximate surface area is 357 Å². The van der Waals surface area contributed by atoms with E-state index in [9.17, 15) is 28.0 Å². The van der Waals surface area contributed by atoms with E-state index >= 15 is 0 Å². The van der Waals surface area contributed by atoms with Gasteiger partial charge in [0, 0.05) is 51.1 Å². The maximum Gasteiger partial charge on any atom is 0.329 e. The predicted molar refractivity (Wildman–Crippen MR) is 227 cm³/mol. The van der Waals surface area contributed by atoms with E-state index in [1.807, 2.05) is 18.2 Å². The lowest BCUT2D eigenvalue weighted by Crippen LogP contribution is -2.44. The van der Waals surface area contributed by atoms with Crippen LogP contribution in [0.25, 0.3) is 22.5 Å². The molecule has 3 N–H and O–H groups in total. The van der Waals surface area contributed by atoms with Gasteiger partial charge in [-0.3, -0.25) is 33.5 Å². The number of rotatable bonds is 19. The van der Waals surface area contributed by atoms with Gasteiger partial charge in [-0.15, -0.1) is 0 Å². The number of pyridine rings is 1. The van der Waals surface area contributed by atoms with Crippen molar-refractivity contribution in [3.63, 3.8) is 0 Å². The number of ether oxygens (including phenoxy) is 1. The molecular weight excluding hydrogens is 803 g/mol. The van der Waals surface area contributed by atoms with Crippen molar-refractivity contribution in [2.45, 2.75) is 89.1 Å². The largest absolute Gasteiger partial charge is 0.444 e. The summed E-state index contributed by atoms with van der Waals surface area (Å²) in [5.74, 6) is 0.664. The van der Waals surface area contributed by atoms with Gasteiger partial charge < -0.3 is 24.7 Å².